The molecule has 5 aromatic rings. The zero-order valence-electron chi connectivity index (χ0n) is 14.5. The fourth-order valence-electron chi connectivity index (χ4n) is 4.00. The molecule has 0 bridgehead atoms. The summed E-state index contributed by atoms with van der Waals surface area (Å²) in [6, 6.07) is 24.6. The first-order valence-electron chi connectivity index (χ1n) is 9.19. The lowest BCUT2D eigenvalue weighted by molar-refractivity contribution is 0.796. The number of hydrogen-bond acceptors (Lipinski definition) is 0. The minimum Gasteiger partial charge on any atom is -0.354 e. The van der Waals surface area contributed by atoms with Crippen molar-refractivity contribution in [3.8, 4) is 0 Å². The van der Waals surface area contributed by atoms with Gasteiger partial charge in [0.2, 0.25) is 0 Å². The van der Waals surface area contributed by atoms with Crippen LogP contribution in [0.4, 0.5) is 0 Å². The number of rotatable bonds is 3. The fourth-order valence-corrected chi connectivity index (χ4v) is 4.00. The van der Waals surface area contributed by atoms with Crippen molar-refractivity contribution in [2.75, 3.05) is 0 Å². The molecule has 5 rings (SSSR count). The number of nitrogens with one attached hydrogen (secondary N) is 1. The van der Waals surface area contributed by atoms with Gasteiger partial charge in [-0.3, -0.25) is 0 Å². The molecule has 25 heavy (non-hydrogen) atoms. The van der Waals surface area contributed by atoms with Crippen molar-refractivity contribution in [2.24, 2.45) is 0 Å². The first-order chi connectivity index (χ1) is 12.3. The van der Waals surface area contributed by atoms with Crippen molar-refractivity contribution in [3.63, 3.8) is 0 Å². The van der Waals surface area contributed by atoms with Gasteiger partial charge in [0.15, 0.2) is 0 Å². The highest BCUT2D eigenvalue weighted by Gasteiger charge is 2.09. The van der Waals surface area contributed by atoms with Crippen LogP contribution in [0.15, 0.2) is 66.7 Å². The van der Waals surface area contributed by atoms with Gasteiger partial charge in [-0.15, -0.1) is 0 Å². The quantitative estimate of drug-likeness (QED) is 0.345. The van der Waals surface area contributed by atoms with Crippen molar-refractivity contribution in [1.29, 1.82) is 0 Å². The van der Waals surface area contributed by atoms with Gasteiger partial charge in [0.05, 0.1) is 0 Å². The predicted molar refractivity (Wildman–Crippen MR) is 109 cm³/mol. The Hall–Kier alpha value is -2.80. The maximum Gasteiger partial charge on any atom is 0.0471 e. The minimum absolute atomic E-state index is 1.16. The lowest BCUT2D eigenvalue weighted by Gasteiger charge is -2.04. The van der Waals surface area contributed by atoms with E-state index >= 15 is 0 Å². The molecule has 0 atom stereocenters. The number of hydrogen-bond donors (Lipinski definition) is 1. The summed E-state index contributed by atoms with van der Waals surface area (Å²) in [5.74, 6) is 0. The second-order valence-corrected chi connectivity index (χ2v) is 7.02. The van der Waals surface area contributed by atoms with Crippen LogP contribution in [0.2, 0.25) is 0 Å². The van der Waals surface area contributed by atoms with E-state index in [9.17, 15) is 0 Å². The van der Waals surface area contributed by atoms with Crippen molar-refractivity contribution in [3.05, 3.63) is 72.3 Å². The number of fused-ring (bicyclic) bond motifs is 6. The van der Waals surface area contributed by atoms with E-state index in [0.29, 0.717) is 0 Å². The highest BCUT2D eigenvalue weighted by atomic mass is 14.7. The van der Waals surface area contributed by atoms with Gasteiger partial charge in [-0.2, -0.15) is 0 Å². The van der Waals surface area contributed by atoms with Crippen molar-refractivity contribution in [2.45, 2.75) is 26.2 Å². The second-order valence-electron chi connectivity index (χ2n) is 7.02. The summed E-state index contributed by atoms with van der Waals surface area (Å²) in [5, 5.41) is 7.93. The average molecular weight is 323 g/mol. The molecule has 1 nitrogen and oxygen atoms in total. The predicted octanol–water partition coefficient (Wildman–Crippen LogP) is 6.97. The summed E-state index contributed by atoms with van der Waals surface area (Å²) in [7, 11) is 0. The van der Waals surface area contributed by atoms with E-state index in [-0.39, 0.29) is 0 Å². The van der Waals surface area contributed by atoms with Crippen LogP contribution < -0.4 is 0 Å². The van der Waals surface area contributed by atoms with Crippen LogP contribution in [-0.4, -0.2) is 4.98 Å². The van der Waals surface area contributed by atoms with Gasteiger partial charge in [0.25, 0.3) is 0 Å². The van der Waals surface area contributed by atoms with Gasteiger partial charge in [0.1, 0.15) is 0 Å². The van der Waals surface area contributed by atoms with E-state index in [1.165, 1.54) is 61.8 Å². The number of H-pyrrole nitrogens is 1. The number of aromatic amines is 1. The first-order valence-corrected chi connectivity index (χ1v) is 9.19. The molecule has 4 aromatic carbocycles. The Morgan fingerprint density at radius 1 is 0.720 bits per heavy atom. The van der Waals surface area contributed by atoms with Gasteiger partial charge in [0, 0.05) is 21.8 Å². The highest BCUT2D eigenvalue weighted by molar-refractivity contribution is 6.22. The summed E-state index contributed by atoms with van der Waals surface area (Å²) in [5.41, 5.74) is 3.91. The smallest absolute Gasteiger partial charge is 0.0471 e. The van der Waals surface area contributed by atoms with Crippen molar-refractivity contribution >= 4 is 43.4 Å². The monoisotopic (exact) mass is 323 g/mol. The zero-order chi connectivity index (χ0) is 16.8. The zero-order valence-corrected chi connectivity index (χ0v) is 14.5. The van der Waals surface area contributed by atoms with Crippen LogP contribution >= 0.6 is 0 Å². The van der Waals surface area contributed by atoms with Gasteiger partial charge in [-0.25, -0.2) is 0 Å². The Bertz CT molecular complexity index is 1230. The van der Waals surface area contributed by atoms with Crippen LogP contribution in [0.25, 0.3) is 43.4 Å². The van der Waals surface area contributed by atoms with Crippen LogP contribution in [0.5, 0.6) is 0 Å². The van der Waals surface area contributed by atoms with Crippen LogP contribution in [-0.2, 0) is 6.42 Å². The summed E-state index contributed by atoms with van der Waals surface area (Å²) in [6.45, 7) is 2.25. The maximum absolute atomic E-state index is 3.64. The number of benzene rings is 4. The third-order valence-electron chi connectivity index (χ3n) is 5.33. The SMILES string of the molecule is CCCCc1ccc2c(c1)[nH]c1ccc3cc4ccccc4cc3c12. The molecular formula is C24H21N. The highest BCUT2D eigenvalue weighted by Crippen LogP contribution is 2.34. The molecule has 0 amide bonds. The number of aryl methyl sites for hydroxylation is 1. The average Bonchev–Trinajstić information content (AvgIpc) is 3.03. The normalized spacial score (nSPS) is 11.9. The lowest BCUT2D eigenvalue weighted by Crippen LogP contribution is -1.83. The summed E-state index contributed by atoms with van der Waals surface area (Å²) >= 11 is 0. The Labute approximate surface area is 147 Å². The molecule has 0 spiro atoms. The molecule has 0 radical (unpaired) electrons. The van der Waals surface area contributed by atoms with Crippen molar-refractivity contribution in [1.82, 2.24) is 4.98 Å². The molecule has 1 heteroatoms. The van der Waals surface area contributed by atoms with E-state index in [2.05, 4.69) is 78.6 Å². The first kappa shape index (κ1) is 14.5. The lowest BCUT2D eigenvalue weighted by atomic mass is 9.99. The Kier molecular flexibility index (Phi) is 3.27. The van der Waals surface area contributed by atoms with E-state index in [4.69, 9.17) is 0 Å². The largest absolute Gasteiger partial charge is 0.354 e. The molecular weight excluding hydrogens is 302 g/mol. The molecule has 1 aromatic heterocycles. The number of unbranched alkanes of at least 4 members (excludes halogenated alkanes) is 1. The Balaban J connectivity index is 1.82. The van der Waals surface area contributed by atoms with Gasteiger partial charge in [-0.1, -0.05) is 55.8 Å². The molecule has 0 aliphatic carbocycles. The maximum atomic E-state index is 3.64. The molecule has 0 saturated carbocycles. The van der Waals surface area contributed by atoms with Gasteiger partial charge >= 0.3 is 0 Å². The Morgan fingerprint density at radius 2 is 1.56 bits per heavy atom. The molecule has 122 valence electrons. The third kappa shape index (κ3) is 2.31. The summed E-state index contributed by atoms with van der Waals surface area (Å²) < 4.78 is 0. The molecule has 1 heterocycles. The third-order valence-corrected chi connectivity index (χ3v) is 5.33. The summed E-state index contributed by atoms with van der Waals surface area (Å²) in [4.78, 5) is 3.64. The van der Waals surface area contributed by atoms with Gasteiger partial charge in [-0.05, 0) is 64.2 Å². The Morgan fingerprint density at radius 3 is 2.40 bits per heavy atom. The summed E-state index contributed by atoms with van der Waals surface area (Å²) in [6.07, 6.45) is 3.65. The van der Waals surface area contributed by atoms with E-state index in [1.54, 1.807) is 0 Å². The molecule has 0 aliphatic rings. The topological polar surface area (TPSA) is 15.8 Å². The van der Waals surface area contributed by atoms with Gasteiger partial charge < -0.3 is 4.98 Å². The van der Waals surface area contributed by atoms with E-state index < -0.39 is 0 Å². The second kappa shape index (κ2) is 5.63. The molecule has 0 fully saturated rings. The molecule has 1 N–H and O–H groups in total. The molecule has 0 aliphatic heterocycles. The van der Waals surface area contributed by atoms with E-state index in [1.807, 2.05) is 0 Å². The van der Waals surface area contributed by atoms with Crippen LogP contribution in [0.1, 0.15) is 25.3 Å². The van der Waals surface area contributed by atoms with Crippen molar-refractivity contribution < 1.29 is 0 Å². The van der Waals surface area contributed by atoms with E-state index in [0.717, 1.165) is 6.42 Å². The molecule has 0 saturated heterocycles. The standard InChI is InChI=1S/C24H21N/c1-2-3-6-16-9-11-20-23(13-16)25-22-12-10-19-14-17-7-4-5-8-18(17)15-21(19)24(20)22/h4-5,7-15,25H,2-3,6H2,1H3. The van der Waals surface area contributed by atoms with Crippen LogP contribution in [0.3, 0.4) is 0 Å². The minimum atomic E-state index is 1.16. The van der Waals surface area contributed by atoms with Crippen LogP contribution in [0, 0.1) is 0 Å². The number of aromatic nitrogens is 1. The fraction of sp³-hybridized carbons (Fsp3) is 0.167. The molecule has 0 unspecified atom stereocenters.